The number of nitrogens with one attached hydrogen (secondary N) is 2. The van der Waals surface area contributed by atoms with E-state index in [1.807, 2.05) is 12.1 Å². The van der Waals surface area contributed by atoms with Gasteiger partial charge in [-0.1, -0.05) is 18.2 Å². The van der Waals surface area contributed by atoms with Crippen molar-refractivity contribution in [3.63, 3.8) is 0 Å². The van der Waals surface area contributed by atoms with Gasteiger partial charge >= 0.3 is 0 Å². The molecule has 0 spiro atoms. The molecule has 0 saturated carbocycles. The summed E-state index contributed by atoms with van der Waals surface area (Å²) in [5, 5.41) is 18.0. The lowest BCUT2D eigenvalue weighted by Gasteiger charge is -2.16. The van der Waals surface area contributed by atoms with Crippen LogP contribution in [0.4, 0.5) is 0 Å². The number of aliphatic hydroxyl groups excluding tert-OH is 1. The van der Waals surface area contributed by atoms with E-state index in [0.29, 0.717) is 12.5 Å². The molecule has 1 fully saturated rings. The van der Waals surface area contributed by atoms with E-state index in [1.54, 1.807) is 18.4 Å². The van der Waals surface area contributed by atoms with Gasteiger partial charge in [-0.2, -0.15) is 0 Å². The number of ether oxygens (including phenoxy) is 1. The number of aliphatic hydroxyl groups is 1. The van der Waals surface area contributed by atoms with Crippen molar-refractivity contribution in [3.8, 4) is 0 Å². The average molecular weight is 333 g/mol. The van der Waals surface area contributed by atoms with Gasteiger partial charge in [0.15, 0.2) is 5.96 Å². The first kappa shape index (κ1) is 16.2. The van der Waals surface area contributed by atoms with Crippen LogP contribution in [0, 0.1) is 0 Å². The smallest absolute Gasteiger partial charge is 0.191 e. The van der Waals surface area contributed by atoms with Gasteiger partial charge in [0.1, 0.15) is 6.10 Å². The second-order valence-electron chi connectivity index (χ2n) is 5.67. The van der Waals surface area contributed by atoms with Crippen molar-refractivity contribution in [2.75, 3.05) is 26.7 Å². The summed E-state index contributed by atoms with van der Waals surface area (Å²) >= 11 is 1.63. The molecule has 0 radical (unpaired) electrons. The number of thiophene rings is 1. The summed E-state index contributed by atoms with van der Waals surface area (Å²) < 4.78 is 6.78. The third kappa shape index (κ3) is 4.22. The molecular formula is C17H23N3O2S. The fourth-order valence-corrected chi connectivity index (χ4v) is 3.75. The van der Waals surface area contributed by atoms with E-state index in [2.05, 4.69) is 33.8 Å². The van der Waals surface area contributed by atoms with Crippen molar-refractivity contribution in [1.29, 1.82) is 0 Å². The predicted molar refractivity (Wildman–Crippen MR) is 95.1 cm³/mol. The molecule has 2 unspecified atom stereocenters. The fourth-order valence-electron chi connectivity index (χ4n) is 2.70. The monoisotopic (exact) mass is 333 g/mol. The lowest BCUT2D eigenvalue weighted by molar-refractivity contribution is 0.113. The number of aliphatic imine (C=N–C) groups is 1. The first-order valence-corrected chi connectivity index (χ1v) is 8.80. The van der Waals surface area contributed by atoms with E-state index in [-0.39, 0.29) is 6.10 Å². The lowest BCUT2D eigenvalue weighted by atomic mass is 10.2. The summed E-state index contributed by atoms with van der Waals surface area (Å²) in [4.78, 5) is 5.15. The van der Waals surface area contributed by atoms with Crippen molar-refractivity contribution in [2.24, 2.45) is 4.99 Å². The number of benzene rings is 1. The molecule has 23 heavy (non-hydrogen) atoms. The van der Waals surface area contributed by atoms with Crippen LogP contribution in [0.2, 0.25) is 0 Å². The first-order chi connectivity index (χ1) is 11.3. The Hall–Kier alpha value is -1.63. The molecule has 3 N–H and O–H groups in total. The highest BCUT2D eigenvalue weighted by Gasteiger charge is 2.16. The van der Waals surface area contributed by atoms with Crippen LogP contribution < -0.4 is 10.6 Å². The molecule has 124 valence electrons. The highest BCUT2D eigenvalue weighted by Crippen LogP contribution is 2.29. The maximum atomic E-state index is 10.4. The van der Waals surface area contributed by atoms with Crippen molar-refractivity contribution in [2.45, 2.75) is 25.0 Å². The van der Waals surface area contributed by atoms with Gasteiger partial charge in [0, 0.05) is 36.3 Å². The van der Waals surface area contributed by atoms with Crippen molar-refractivity contribution >= 4 is 27.4 Å². The number of guanidine groups is 1. The van der Waals surface area contributed by atoms with Gasteiger partial charge < -0.3 is 20.5 Å². The number of fused-ring (bicyclic) bond motifs is 1. The second-order valence-corrected chi connectivity index (χ2v) is 6.79. The van der Waals surface area contributed by atoms with E-state index in [4.69, 9.17) is 4.74 Å². The van der Waals surface area contributed by atoms with Crippen molar-refractivity contribution < 1.29 is 9.84 Å². The normalized spacial score (nSPS) is 19.9. The molecule has 0 bridgehead atoms. The summed E-state index contributed by atoms with van der Waals surface area (Å²) in [5.41, 5.74) is 0. The highest BCUT2D eigenvalue weighted by molar-refractivity contribution is 7.19. The number of nitrogens with zero attached hydrogens (tertiary/aromatic N) is 1. The number of hydrogen-bond donors (Lipinski definition) is 3. The maximum Gasteiger partial charge on any atom is 0.191 e. The molecule has 2 atom stereocenters. The Morgan fingerprint density at radius 3 is 3.04 bits per heavy atom. The Morgan fingerprint density at radius 2 is 2.30 bits per heavy atom. The van der Waals surface area contributed by atoms with Gasteiger partial charge in [0.2, 0.25) is 0 Å². The fraction of sp³-hybridized carbons (Fsp3) is 0.471. The number of hydrogen-bond acceptors (Lipinski definition) is 4. The van der Waals surface area contributed by atoms with E-state index in [0.717, 1.165) is 30.9 Å². The van der Waals surface area contributed by atoms with E-state index >= 15 is 0 Å². The van der Waals surface area contributed by atoms with Gasteiger partial charge in [-0.25, -0.2) is 0 Å². The van der Waals surface area contributed by atoms with Crippen LogP contribution in [-0.4, -0.2) is 43.9 Å². The summed E-state index contributed by atoms with van der Waals surface area (Å²) in [7, 11) is 1.73. The van der Waals surface area contributed by atoms with E-state index in [1.165, 1.54) is 10.1 Å². The van der Waals surface area contributed by atoms with Crippen LogP contribution in [-0.2, 0) is 4.74 Å². The van der Waals surface area contributed by atoms with E-state index < -0.39 is 6.10 Å². The molecule has 1 saturated heterocycles. The van der Waals surface area contributed by atoms with Gasteiger partial charge in [-0.15, -0.1) is 11.3 Å². The van der Waals surface area contributed by atoms with Crippen LogP contribution in [0.1, 0.15) is 23.8 Å². The molecule has 2 heterocycles. The van der Waals surface area contributed by atoms with Gasteiger partial charge in [-0.3, -0.25) is 4.99 Å². The van der Waals surface area contributed by atoms with Crippen LogP contribution in [0.15, 0.2) is 35.3 Å². The largest absolute Gasteiger partial charge is 0.386 e. The molecule has 2 aromatic rings. The molecule has 1 aromatic carbocycles. The third-order valence-electron chi connectivity index (χ3n) is 3.98. The summed E-state index contributed by atoms with van der Waals surface area (Å²) in [6.07, 6.45) is 1.94. The maximum absolute atomic E-state index is 10.4. The molecule has 1 aliphatic rings. The Morgan fingerprint density at radius 1 is 1.43 bits per heavy atom. The molecule has 1 aromatic heterocycles. The molecule has 0 aliphatic carbocycles. The van der Waals surface area contributed by atoms with Crippen LogP contribution in [0.25, 0.3) is 10.1 Å². The zero-order chi connectivity index (χ0) is 16.1. The molecule has 6 heteroatoms. The zero-order valence-corrected chi connectivity index (χ0v) is 14.1. The topological polar surface area (TPSA) is 65.9 Å². The van der Waals surface area contributed by atoms with Gasteiger partial charge in [-0.05, 0) is 30.4 Å². The highest BCUT2D eigenvalue weighted by atomic mass is 32.1. The SMILES string of the molecule is CN=C(NCC1CCCO1)NCC(O)c1cc2ccccc2s1. The van der Waals surface area contributed by atoms with E-state index in [9.17, 15) is 5.11 Å². The van der Waals surface area contributed by atoms with Crippen LogP contribution in [0.5, 0.6) is 0 Å². The standard InChI is InChI=1S/C17H23N3O2S/c1-18-17(19-10-13-6-4-8-22-13)20-11-14(21)16-9-12-5-2-3-7-15(12)23-16/h2-3,5,7,9,13-14,21H,4,6,8,10-11H2,1H3,(H2,18,19,20). The first-order valence-electron chi connectivity index (χ1n) is 7.99. The Labute approximate surface area is 140 Å². The second kappa shape index (κ2) is 7.77. The quantitative estimate of drug-likeness (QED) is 0.580. The average Bonchev–Trinajstić information content (AvgIpc) is 3.23. The Bertz CT molecular complexity index is 632. The molecule has 3 rings (SSSR count). The lowest BCUT2D eigenvalue weighted by Crippen LogP contribution is -2.42. The summed E-state index contributed by atoms with van der Waals surface area (Å²) in [6, 6.07) is 10.2. The minimum Gasteiger partial charge on any atom is -0.386 e. The summed E-state index contributed by atoms with van der Waals surface area (Å²) in [6.45, 7) is 2.03. The summed E-state index contributed by atoms with van der Waals surface area (Å²) in [5.74, 6) is 0.695. The third-order valence-corrected chi connectivity index (χ3v) is 5.20. The Balaban J connectivity index is 1.51. The minimum absolute atomic E-state index is 0.265. The molecule has 5 nitrogen and oxygen atoms in total. The molecule has 1 aliphatic heterocycles. The Kier molecular flexibility index (Phi) is 5.48. The van der Waals surface area contributed by atoms with Crippen LogP contribution in [0.3, 0.4) is 0 Å². The van der Waals surface area contributed by atoms with Crippen molar-refractivity contribution in [1.82, 2.24) is 10.6 Å². The van der Waals surface area contributed by atoms with Gasteiger partial charge in [0.05, 0.1) is 6.10 Å². The van der Waals surface area contributed by atoms with Crippen LogP contribution >= 0.6 is 11.3 Å². The zero-order valence-electron chi connectivity index (χ0n) is 13.3. The van der Waals surface area contributed by atoms with Crippen molar-refractivity contribution in [3.05, 3.63) is 35.2 Å². The minimum atomic E-state index is -0.548. The predicted octanol–water partition coefficient (Wildman–Crippen LogP) is 2.28. The number of rotatable bonds is 5. The molecular weight excluding hydrogens is 310 g/mol. The molecule has 0 amide bonds. The van der Waals surface area contributed by atoms with Gasteiger partial charge in [0.25, 0.3) is 0 Å².